The minimum absolute atomic E-state index is 0.000134. The molecule has 0 aromatic carbocycles. The van der Waals surface area contributed by atoms with E-state index < -0.39 is 58.7 Å². The summed E-state index contributed by atoms with van der Waals surface area (Å²) in [7, 11) is 0. The lowest BCUT2D eigenvalue weighted by molar-refractivity contribution is -0.150. The molecule has 12 nitrogen and oxygen atoms in total. The van der Waals surface area contributed by atoms with Crippen molar-refractivity contribution in [1.29, 1.82) is 0 Å². The Morgan fingerprint density at radius 3 is 2.63 bits per heavy atom. The monoisotopic (exact) mass is 727 g/mol. The van der Waals surface area contributed by atoms with E-state index in [2.05, 4.69) is 47.6 Å². The van der Waals surface area contributed by atoms with Crippen LogP contribution in [0.4, 0.5) is 4.79 Å². The molecular formula is C29H39Br2N5O7. The molecule has 0 spiro atoms. The SMILES string of the molecule is CCOC(=O)[C@@]12C[C@H]1/C=C\CCCCC[C@H](NC(=O)OC(C)(C)C)C(=O)N1C[C@H](n3ncc(Br)c(Br)c3=O)C[C@H]1C(=O)N2. The highest BCUT2D eigenvalue weighted by atomic mass is 79.9. The van der Waals surface area contributed by atoms with E-state index in [1.807, 2.05) is 12.2 Å². The predicted octanol–water partition coefficient (Wildman–Crippen LogP) is 3.76. The van der Waals surface area contributed by atoms with Crippen molar-refractivity contribution in [3.8, 4) is 0 Å². The highest BCUT2D eigenvalue weighted by Crippen LogP contribution is 2.46. The first-order valence-corrected chi connectivity index (χ1v) is 16.2. The van der Waals surface area contributed by atoms with E-state index in [4.69, 9.17) is 9.47 Å². The maximum atomic E-state index is 14.1. The number of allylic oxidation sites excluding steroid dienone is 1. The quantitative estimate of drug-likeness (QED) is 0.352. The van der Waals surface area contributed by atoms with E-state index >= 15 is 0 Å². The van der Waals surface area contributed by atoms with Crippen molar-refractivity contribution in [2.45, 2.75) is 102 Å². The number of nitrogens with one attached hydrogen (secondary N) is 2. The van der Waals surface area contributed by atoms with Crippen molar-refractivity contribution in [3.63, 3.8) is 0 Å². The smallest absolute Gasteiger partial charge is 0.408 e. The fourth-order valence-electron chi connectivity index (χ4n) is 5.64. The van der Waals surface area contributed by atoms with Gasteiger partial charge in [-0.15, -0.1) is 0 Å². The van der Waals surface area contributed by atoms with E-state index in [0.717, 1.165) is 19.3 Å². The molecule has 43 heavy (non-hydrogen) atoms. The molecule has 0 bridgehead atoms. The van der Waals surface area contributed by atoms with E-state index in [1.54, 1.807) is 27.7 Å². The summed E-state index contributed by atoms with van der Waals surface area (Å²) in [6.45, 7) is 7.06. The zero-order valence-electron chi connectivity index (χ0n) is 24.9. The van der Waals surface area contributed by atoms with Gasteiger partial charge in [-0.05, 0) is 85.2 Å². The fraction of sp³-hybridized carbons (Fsp3) is 0.655. The summed E-state index contributed by atoms with van der Waals surface area (Å²) >= 11 is 6.56. The van der Waals surface area contributed by atoms with E-state index in [1.165, 1.54) is 15.8 Å². The Morgan fingerprint density at radius 1 is 1.19 bits per heavy atom. The molecule has 3 heterocycles. The highest BCUT2D eigenvalue weighted by molar-refractivity contribution is 9.13. The number of hydrogen-bond acceptors (Lipinski definition) is 8. The van der Waals surface area contributed by atoms with Crippen LogP contribution in [0.3, 0.4) is 0 Å². The summed E-state index contributed by atoms with van der Waals surface area (Å²) in [6.07, 6.45) is 8.62. The summed E-state index contributed by atoms with van der Waals surface area (Å²) in [5.41, 5.74) is -2.42. The summed E-state index contributed by atoms with van der Waals surface area (Å²) in [4.78, 5) is 68.4. The van der Waals surface area contributed by atoms with Gasteiger partial charge in [-0.2, -0.15) is 5.10 Å². The number of halogens is 2. The highest BCUT2D eigenvalue weighted by Gasteiger charge is 2.62. The molecule has 236 valence electrons. The maximum Gasteiger partial charge on any atom is 0.408 e. The lowest BCUT2D eigenvalue weighted by Crippen LogP contribution is -2.56. The van der Waals surface area contributed by atoms with Crippen LogP contribution in [-0.4, -0.2) is 74.9 Å². The van der Waals surface area contributed by atoms with Crippen molar-refractivity contribution >= 4 is 55.7 Å². The van der Waals surface area contributed by atoms with Crippen molar-refractivity contribution in [1.82, 2.24) is 25.3 Å². The van der Waals surface area contributed by atoms with Gasteiger partial charge >= 0.3 is 12.1 Å². The normalized spacial score (nSPS) is 28.8. The molecule has 3 aliphatic rings. The number of nitrogens with zero attached hydrogens (tertiary/aromatic N) is 3. The van der Waals surface area contributed by atoms with Crippen LogP contribution >= 0.6 is 31.9 Å². The molecule has 1 aromatic heterocycles. The molecule has 0 radical (unpaired) electrons. The molecule has 3 amide bonds. The first kappa shape index (κ1) is 33.2. The molecule has 2 fully saturated rings. The van der Waals surface area contributed by atoms with Crippen molar-refractivity contribution < 1.29 is 28.7 Å². The Balaban J connectivity index is 1.70. The second-order valence-electron chi connectivity index (χ2n) is 12.2. The number of amides is 3. The first-order valence-electron chi connectivity index (χ1n) is 14.7. The Morgan fingerprint density at radius 2 is 1.93 bits per heavy atom. The average Bonchev–Trinajstić information content (AvgIpc) is 3.44. The number of aromatic nitrogens is 2. The van der Waals surface area contributed by atoms with Gasteiger partial charge in [0.2, 0.25) is 11.8 Å². The summed E-state index contributed by atoms with van der Waals surface area (Å²) in [6, 6.07) is -2.62. The number of carbonyl (C=O) groups is 4. The molecule has 1 aromatic rings. The van der Waals surface area contributed by atoms with Gasteiger partial charge in [-0.1, -0.05) is 25.0 Å². The minimum Gasteiger partial charge on any atom is -0.464 e. The van der Waals surface area contributed by atoms with Crippen LogP contribution in [-0.2, 0) is 23.9 Å². The molecule has 2 N–H and O–H groups in total. The zero-order chi connectivity index (χ0) is 31.5. The lowest BCUT2D eigenvalue weighted by atomic mass is 10.0. The van der Waals surface area contributed by atoms with Gasteiger partial charge in [0.15, 0.2) is 0 Å². The van der Waals surface area contributed by atoms with Gasteiger partial charge in [0.1, 0.15) is 27.7 Å². The number of esters is 1. The van der Waals surface area contributed by atoms with E-state index in [-0.39, 0.29) is 30.0 Å². The van der Waals surface area contributed by atoms with Crippen molar-refractivity contribution in [2.24, 2.45) is 5.92 Å². The second kappa shape index (κ2) is 13.5. The Bertz CT molecular complexity index is 1340. The van der Waals surface area contributed by atoms with Crippen molar-refractivity contribution in [3.05, 3.63) is 37.6 Å². The number of carbonyl (C=O) groups excluding carboxylic acids is 4. The van der Waals surface area contributed by atoms with Crippen molar-refractivity contribution in [2.75, 3.05) is 13.2 Å². The predicted molar refractivity (Wildman–Crippen MR) is 164 cm³/mol. The first-order chi connectivity index (χ1) is 20.3. The average molecular weight is 729 g/mol. The standard InChI is InChI=1S/C29H39Br2N5O7/c1-5-42-26(40)29-14-17(29)11-9-7-6-8-10-12-20(33-27(41)43-28(2,3)4)24(38)35-16-18(13-21(35)23(37)34-29)36-25(39)22(31)19(30)15-32-36/h9,11,15,17-18,20-21H,5-8,10,12-14,16H2,1-4H3,(H,33,41)(H,34,37)/b11-9-/t17-,18-,20+,21+,29-/m1/s1. The molecule has 5 atom stereocenters. The molecule has 4 rings (SSSR count). The van der Waals surface area contributed by atoms with Crippen LogP contribution in [0.25, 0.3) is 0 Å². The van der Waals surface area contributed by atoms with Gasteiger partial charge in [-0.3, -0.25) is 14.4 Å². The van der Waals surface area contributed by atoms with Gasteiger partial charge in [0.05, 0.1) is 23.3 Å². The molecule has 2 aliphatic heterocycles. The van der Waals surface area contributed by atoms with Gasteiger partial charge in [0.25, 0.3) is 5.56 Å². The number of alkyl carbamates (subject to hydrolysis) is 1. The Labute approximate surface area is 267 Å². The summed E-state index contributed by atoms with van der Waals surface area (Å²) in [5, 5.41) is 9.89. The van der Waals surface area contributed by atoms with Crippen LogP contribution in [0.5, 0.6) is 0 Å². The van der Waals surface area contributed by atoms with Crippen LogP contribution < -0.4 is 16.2 Å². The Kier molecular flexibility index (Phi) is 10.4. The molecule has 0 unspecified atom stereocenters. The largest absolute Gasteiger partial charge is 0.464 e. The topological polar surface area (TPSA) is 149 Å². The van der Waals surface area contributed by atoms with Gasteiger partial charge in [0, 0.05) is 18.9 Å². The zero-order valence-corrected chi connectivity index (χ0v) is 28.0. The number of ether oxygens (including phenoxy) is 2. The molecule has 14 heteroatoms. The number of fused-ring (bicyclic) bond motifs is 2. The number of rotatable bonds is 4. The van der Waals surface area contributed by atoms with Gasteiger partial charge in [-0.25, -0.2) is 14.3 Å². The van der Waals surface area contributed by atoms with Crippen LogP contribution in [0.15, 0.2) is 32.1 Å². The molecule has 1 saturated heterocycles. The second-order valence-corrected chi connectivity index (χ2v) is 13.9. The lowest BCUT2D eigenvalue weighted by Gasteiger charge is -2.30. The van der Waals surface area contributed by atoms with E-state index in [0.29, 0.717) is 23.7 Å². The molecular weight excluding hydrogens is 690 g/mol. The van der Waals surface area contributed by atoms with E-state index in [9.17, 15) is 24.0 Å². The van der Waals surface area contributed by atoms with Crippen LogP contribution in [0, 0.1) is 5.92 Å². The maximum absolute atomic E-state index is 14.1. The molecule has 1 aliphatic carbocycles. The number of hydrogen-bond donors (Lipinski definition) is 2. The van der Waals surface area contributed by atoms with Crippen LogP contribution in [0.1, 0.15) is 78.7 Å². The summed E-state index contributed by atoms with van der Waals surface area (Å²) in [5.74, 6) is -1.75. The third kappa shape index (κ3) is 7.68. The third-order valence-corrected chi connectivity index (χ3v) is 9.73. The Hall–Kier alpha value is -2.74. The third-order valence-electron chi connectivity index (χ3n) is 7.83. The fourth-order valence-corrected chi connectivity index (χ4v) is 6.18. The molecule has 1 saturated carbocycles. The summed E-state index contributed by atoms with van der Waals surface area (Å²) < 4.78 is 12.8. The minimum atomic E-state index is -1.22. The van der Waals surface area contributed by atoms with Crippen LogP contribution in [0.2, 0.25) is 0 Å². The van der Waals surface area contributed by atoms with Gasteiger partial charge < -0.3 is 25.0 Å².